The molecule has 174 valence electrons. The molecular weight excluding hydrogens is 494 g/mol. The number of hydrogen-bond donors (Lipinski definition) is 0. The number of rotatable bonds is 9. The summed E-state index contributed by atoms with van der Waals surface area (Å²) < 4.78 is 24.3. The summed E-state index contributed by atoms with van der Waals surface area (Å²) in [6, 6.07) is 6.35. The fraction of sp³-hybridized carbons (Fsp3) is 0.238. The lowest BCUT2D eigenvalue weighted by Crippen LogP contribution is -2.35. The number of carbonyl (C=O) groups excluding carboxylic acids is 2. The maximum atomic E-state index is 13.5. The van der Waals surface area contributed by atoms with Gasteiger partial charge in [0, 0.05) is 12.1 Å². The lowest BCUT2D eigenvalue weighted by molar-refractivity contribution is -0.384. The van der Waals surface area contributed by atoms with Crippen LogP contribution in [0.15, 0.2) is 48.3 Å². The van der Waals surface area contributed by atoms with Crippen LogP contribution in [0.2, 0.25) is 10.0 Å². The number of hydrogen-bond acceptors (Lipinski definition) is 7. The number of fused-ring (bicyclic) bond motifs is 1. The molecule has 3 rings (SSSR count). The van der Waals surface area contributed by atoms with Crippen molar-refractivity contribution in [2.24, 2.45) is 0 Å². The third kappa shape index (κ3) is 4.60. The lowest BCUT2D eigenvalue weighted by Gasteiger charge is -2.31. The van der Waals surface area contributed by atoms with Gasteiger partial charge in [-0.1, -0.05) is 29.8 Å². The van der Waals surface area contributed by atoms with E-state index in [0.717, 1.165) is 4.90 Å². The summed E-state index contributed by atoms with van der Waals surface area (Å²) in [6.45, 7) is 7.09. The van der Waals surface area contributed by atoms with Gasteiger partial charge < -0.3 is 9.05 Å². The van der Waals surface area contributed by atoms with Crippen LogP contribution in [0.5, 0.6) is 0 Å². The summed E-state index contributed by atoms with van der Waals surface area (Å²) >= 11 is 12.1. The summed E-state index contributed by atoms with van der Waals surface area (Å²) in [6.07, 6.45) is 0. The van der Waals surface area contributed by atoms with E-state index in [-0.39, 0.29) is 51.0 Å². The highest BCUT2D eigenvalue weighted by Gasteiger charge is 2.46. The fourth-order valence-corrected chi connectivity index (χ4v) is 5.43. The number of benzene rings is 2. The average Bonchev–Trinajstić information content (AvgIpc) is 2.99. The average molecular weight is 513 g/mol. The molecule has 1 aliphatic heterocycles. The van der Waals surface area contributed by atoms with Crippen LogP contribution in [0, 0.1) is 10.1 Å². The Balaban J connectivity index is 2.18. The van der Waals surface area contributed by atoms with Crippen LogP contribution in [0.25, 0.3) is 0 Å². The van der Waals surface area contributed by atoms with E-state index in [2.05, 4.69) is 6.58 Å². The van der Waals surface area contributed by atoms with Gasteiger partial charge in [-0.2, -0.15) is 0 Å². The minimum atomic E-state index is -4.01. The van der Waals surface area contributed by atoms with Gasteiger partial charge in [-0.3, -0.25) is 29.2 Å². The van der Waals surface area contributed by atoms with Gasteiger partial charge in [-0.25, -0.2) is 0 Å². The zero-order chi connectivity index (χ0) is 24.5. The molecule has 0 aromatic heterocycles. The van der Waals surface area contributed by atoms with E-state index in [0.29, 0.717) is 0 Å². The van der Waals surface area contributed by atoms with Crippen molar-refractivity contribution in [1.29, 1.82) is 0 Å². The molecule has 2 aromatic rings. The molecule has 1 aliphatic rings. The molecule has 0 aliphatic carbocycles. The standard InChI is InChI=1S/C21H19Cl2N2O7P/c1-4-31-33(30,32-5-2)12(3)19(13-6-8-14(9-7-13)25(28)29)24-20(26)15-10-17(22)18(23)11-16(15)21(24)27/h6-11,19H,3-5H2,1-2H3. The molecule has 1 unspecified atom stereocenters. The van der Waals surface area contributed by atoms with Crippen LogP contribution < -0.4 is 0 Å². The molecule has 2 amide bonds. The number of carbonyl (C=O) groups is 2. The Morgan fingerprint density at radius 1 is 1.06 bits per heavy atom. The normalized spacial score (nSPS) is 14.4. The first-order chi connectivity index (χ1) is 15.6. The maximum absolute atomic E-state index is 13.5. The SMILES string of the molecule is C=C(C(c1ccc([N+](=O)[O-])cc1)N1C(=O)c2cc(Cl)c(Cl)cc2C1=O)P(=O)(OCC)OCC. The Morgan fingerprint density at radius 3 is 1.91 bits per heavy atom. The number of non-ortho nitro benzene ring substituents is 1. The third-order valence-corrected chi connectivity index (χ3v) is 7.77. The quantitative estimate of drug-likeness (QED) is 0.174. The molecule has 0 N–H and O–H groups in total. The number of amides is 2. The van der Waals surface area contributed by atoms with Gasteiger partial charge >= 0.3 is 7.60 Å². The molecule has 0 spiro atoms. The van der Waals surface area contributed by atoms with Crippen LogP contribution in [0.1, 0.15) is 46.2 Å². The number of imide groups is 1. The van der Waals surface area contributed by atoms with Crippen molar-refractivity contribution in [3.8, 4) is 0 Å². The van der Waals surface area contributed by atoms with Gasteiger partial charge in [0.25, 0.3) is 17.5 Å². The zero-order valence-electron chi connectivity index (χ0n) is 17.6. The Labute approximate surface area is 199 Å². The Kier molecular flexibility index (Phi) is 7.41. The highest BCUT2D eigenvalue weighted by Crippen LogP contribution is 2.61. The first-order valence-electron chi connectivity index (χ1n) is 9.75. The number of nitrogens with zero attached hydrogens (tertiary/aromatic N) is 2. The van der Waals surface area contributed by atoms with Crippen molar-refractivity contribution in [2.75, 3.05) is 13.2 Å². The van der Waals surface area contributed by atoms with Gasteiger partial charge in [-0.05, 0) is 43.7 Å². The molecule has 0 fully saturated rings. The number of halogens is 2. The van der Waals surface area contributed by atoms with Crippen molar-refractivity contribution in [3.63, 3.8) is 0 Å². The van der Waals surface area contributed by atoms with Crippen LogP contribution in [-0.2, 0) is 13.6 Å². The first-order valence-corrected chi connectivity index (χ1v) is 12.0. The molecule has 0 radical (unpaired) electrons. The highest BCUT2D eigenvalue weighted by molar-refractivity contribution is 7.58. The predicted molar refractivity (Wildman–Crippen MR) is 123 cm³/mol. The summed E-state index contributed by atoms with van der Waals surface area (Å²) in [4.78, 5) is 37.9. The van der Waals surface area contributed by atoms with Crippen LogP contribution in [-0.4, -0.2) is 34.9 Å². The number of nitro benzene ring substituents is 1. The lowest BCUT2D eigenvalue weighted by atomic mass is 10.0. The zero-order valence-corrected chi connectivity index (χ0v) is 20.0. The van der Waals surface area contributed by atoms with Gasteiger partial charge in [-0.15, -0.1) is 0 Å². The third-order valence-electron chi connectivity index (χ3n) is 4.90. The largest absolute Gasteiger partial charge is 0.359 e. The van der Waals surface area contributed by atoms with Gasteiger partial charge in [0.2, 0.25) is 0 Å². The van der Waals surface area contributed by atoms with E-state index < -0.39 is 30.4 Å². The summed E-state index contributed by atoms with van der Waals surface area (Å²) in [5.41, 5.74) is 0.0623. The molecule has 33 heavy (non-hydrogen) atoms. The van der Waals surface area contributed by atoms with E-state index in [9.17, 15) is 24.3 Å². The first kappa shape index (κ1) is 25.1. The topological polar surface area (TPSA) is 116 Å². The fourth-order valence-electron chi connectivity index (χ4n) is 3.45. The minimum Gasteiger partial charge on any atom is -0.306 e. The number of nitro groups is 1. The Bertz CT molecular complexity index is 1150. The Hall–Kier alpha value is -2.55. The van der Waals surface area contributed by atoms with E-state index in [1.165, 1.54) is 36.4 Å². The predicted octanol–water partition coefficient (Wildman–Crippen LogP) is 6.02. The second-order valence-electron chi connectivity index (χ2n) is 6.87. The van der Waals surface area contributed by atoms with E-state index in [1.807, 2.05) is 0 Å². The van der Waals surface area contributed by atoms with E-state index >= 15 is 0 Å². The molecule has 0 saturated carbocycles. The van der Waals surface area contributed by atoms with Crippen LogP contribution in [0.3, 0.4) is 0 Å². The smallest absolute Gasteiger partial charge is 0.306 e. The molecule has 0 saturated heterocycles. The van der Waals surface area contributed by atoms with Gasteiger partial charge in [0.1, 0.15) is 0 Å². The summed E-state index contributed by atoms with van der Waals surface area (Å²) in [5.74, 6) is -1.45. The molecule has 12 heteroatoms. The molecular formula is C21H19Cl2N2O7P. The second kappa shape index (κ2) is 9.75. The van der Waals surface area contributed by atoms with E-state index in [4.69, 9.17) is 32.2 Å². The summed E-state index contributed by atoms with van der Waals surface area (Å²) in [7, 11) is -4.01. The van der Waals surface area contributed by atoms with Gasteiger partial charge in [0.05, 0.1) is 50.7 Å². The van der Waals surface area contributed by atoms with Crippen molar-refractivity contribution >= 4 is 48.3 Å². The van der Waals surface area contributed by atoms with E-state index in [1.54, 1.807) is 13.8 Å². The van der Waals surface area contributed by atoms with Crippen LogP contribution >= 0.6 is 30.8 Å². The van der Waals surface area contributed by atoms with Crippen molar-refractivity contribution in [1.82, 2.24) is 4.90 Å². The van der Waals surface area contributed by atoms with Crippen molar-refractivity contribution < 1.29 is 28.1 Å². The molecule has 2 aromatic carbocycles. The highest BCUT2D eigenvalue weighted by atomic mass is 35.5. The maximum Gasteiger partial charge on any atom is 0.359 e. The second-order valence-corrected chi connectivity index (χ2v) is 9.77. The van der Waals surface area contributed by atoms with Gasteiger partial charge in [0.15, 0.2) is 0 Å². The Morgan fingerprint density at radius 2 is 1.52 bits per heavy atom. The minimum absolute atomic E-state index is 0.0105. The van der Waals surface area contributed by atoms with Crippen LogP contribution in [0.4, 0.5) is 5.69 Å². The molecule has 9 nitrogen and oxygen atoms in total. The monoisotopic (exact) mass is 512 g/mol. The summed E-state index contributed by atoms with van der Waals surface area (Å²) in [5, 5.41) is 11.1. The molecule has 1 atom stereocenters. The molecule has 0 bridgehead atoms. The van der Waals surface area contributed by atoms with Crippen molar-refractivity contribution in [2.45, 2.75) is 19.9 Å². The molecule has 1 heterocycles. The van der Waals surface area contributed by atoms with Crippen molar-refractivity contribution in [3.05, 3.63) is 85.1 Å².